The van der Waals surface area contributed by atoms with Gasteiger partial charge in [-0.25, -0.2) is 4.68 Å². The molecule has 0 aliphatic carbocycles. The van der Waals surface area contributed by atoms with Gasteiger partial charge < -0.3 is 10.6 Å². The third kappa shape index (κ3) is 4.80. The van der Waals surface area contributed by atoms with Gasteiger partial charge in [0.2, 0.25) is 0 Å². The van der Waals surface area contributed by atoms with Gasteiger partial charge in [0.15, 0.2) is 0 Å². The van der Waals surface area contributed by atoms with Gasteiger partial charge in [0.25, 0.3) is 5.91 Å². The van der Waals surface area contributed by atoms with Crippen LogP contribution in [0.4, 0.5) is 11.4 Å². The van der Waals surface area contributed by atoms with Gasteiger partial charge >= 0.3 is 11.8 Å². The Morgan fingerprint density at radius 1 is 0.818 bits per heavy atom. The van der Waals surface area contributed by atoms with Crippen molar-refractivity contribution < 1.29 is 14.4 Å². The second-order valence-electron chi connectivity index (χ2n) is 7.53. The number of aromatic nitrogens is 1. The first-order valence-corrected chi connectivity index (χ1v) is 11.0. The lowest BCUT2D eigenvalue weighted by Gasteiger charge is -2.14. The summed E-state index contributed by atoms with van der Waals surface area (Å²) in [7, 11) is 0. The third-order valence-corrected chi connectivity index (χ3v) is 5.79. The van der Waals surface area contributed by atoms with Crippen LogP contribution in [0.5, 0.6) is 0 Å². The highest BCUT2D eigenvalue weighted by Crippen LogP contribution is 2.24. The number of fused-ring (bicyclic) bond motifs is 1. The van der Waals surface area contributed by atoms with E-state index in [2.05, 4.69) is 32.0 Å². The highest BCUT2D eigenvalue weighted by atomic mass is 79.9. The lowest BCUT2D eigenvalue weighted by molar-refractivity contribution is -0.133. The van der Waals surface area contributed by atoms with E-state index in [1.54, 1.807) is 42.5 Å². The molecule has 0 radical (unpaired) electrons. The number of nitrogens with zero attached hydrogens (tertiary/aromatic N) is 1. The minimum absolute atomic E-state index is 0.180. The zero-order valence-corrected chi connectivity index (χ0v) is 19.6. The molecule has 3 amide bonds. The van der Waals surface area contributed by atoms with Crippen molar-refractivity contribution in [2.24, 2.45) is 0 Å². The quantitative estimate of drug-likeness (QED) is 0.342. The lowest BCUT2D eigenvalue weighted by atomic mass is 10.1. The number of carbonyl (C=O) groups excluding carboxylic acids is 3. The van der Waals surface area contributed by atoms with E-state index in [4.69, 9.17) is 0 Å². The van der Waals surface area contributed by atoms with E-state index in [-0.39, 0.29) is 5.69 Å². The monoisotopic (exact) mass is 504 g/mol. The molecule has 0 saturated heterocycles. The summed E-state index contributed by atoms with van der Waals surface area (Å²) < 4.78 is 2.14. The van der Waals surface area contributed by atoms with Crippen LogP contribution in [0.25, 0.3) is 10.9 Å². The van der Waals surface area contributed by atoms with Gasteiger partial charge in [-0.05, 0) is 67.4 Å². The molecular formula is C25H21BrN4O3. The Kier molecular flexibility index (Phi) is 6.28. The Morgan fingerprint density at radius 3 is 2.33 bits per heavy atom. The van der Waals surface area contributed by atoms with Gasteiger partial charge in [-0.3, -0.25) is 19.8 Å². The molecule has 0 atom stereocenters. The highest BCUT2D eigenvalue weighted by Gasteiger charge is 2.21. The van der Waals surface area contributed by atoms with Gasteiger partial charge in [-0.15, -0.1) is 0 Å². The van der Waals surface area contributed by atoms with Gasteiger partial charge in [-0.1, -0.05) is 46.3 Å². The summed E-state index contributed by atoms with van der Waals surface area (Å²) in [6.45, 7) is 3.79. The molecule has 1 heterocycles. The number of aryl methyl sites for hydroxylation is 1. The van der Waals surface area contributed by atoms with Crippen molar-refractivity contribution in [1.29, 1.82) is 0 Å². The maximum absolute atomic E-state index is 13.0. The van der Waals surface area contributed by atoms with Crippen LogP contribution in [0, 0.1) is 13.8 Å². The molecule has 0 aliphatic rings. The number of rotatable bonds is 4. The number of nitrogens with one attached hydrogen (secondary N) is 3. The molecule has 0 saturated carbocycles. The van der Waals surface area contributed by atoms with E-state index in [1.807, 2.05) is 44.2 Å². The van der Waals surface area contributed by atoms with Crippen molar-refractivity contribution in [2.75, 3.05) is 16.1 Å². The maximum Gasteiger partial charge on any atom is 0.328 e. The summed E-state index contributed by atoms with van der Waals surface area (Å²) in [5.41, 5.74) is 6.35. The van der Waals surface area contributed by atoms with Crippen LogP contribution in [0.2, 0.25) is 0 Å². The SMILES string of the molecule is Cc1cccc(NC(=O)C(=O)Nn2c(C(=O)Nc3ccccc3)cc3cc(Br)ccc32)c1C. The fourth-order valence-electron chi connectivity index (χ4n) is 3.41. The van der Waals surface area contributed by atoms with Crippen LogP contribution in [0.15, 0.2) is 77.3 Å². The number of hydrogen-bond donors (Lipinski definition) is 3. The van der Waals surface area contributed by atoms with Crippen LogP contribution in [-0.2, 0) is 9.59 Å². The molecule has 4 aromatic rings. The maximum atomic E-state index is 13.0. The number of anilines is 2. The first kappa shape index (κ1) is 22.3. The standard InChI is InChI=1S/C25H21BrN4O3/c1-15-7-6-10-20(16(15)2)28-24(32)25(33)29-30-21-12-11-18(26)13-17(21)14-22(30)23(31)27-19-8-4-3-5-9-19/h3-14H,1-2H3,(H,27,31)(H,28,32)(H,29,33). The van der Waals surface area contributed by atoms with Crippen molar-refractivity contribution in [3.63, 3.8) is 0 Å². The fourth-order valence-corrected chi connectivity index (χ4v) is 3.79. The molecule has 0 fully saturated rings. The van der Waals surface area contributed by atoms with Crippen molar-refractivity contribution in [3.8, 4) is 0 Å². The Labute approximate surface area is 198 Å². The summed E-state index contributed by atoms with van der Waals surface area (Å²) in [6.07, 6.45) is 0. The minimum Gasteiger partial charge on any atom is -0.321 e. The minimum atomic E-state index is -0.898. The largest absolute Gasteiger partial charge is 0.328 e. The number of amides is 3. The van der Waals surface area contributed by atoms with Crippen LogP contribution in [0.1, 0.15) is 21.6 Å². The van der Waals surface area contributed by atoms with Crippen LogP contribution < -0.4 is 16.1 Å². The fraction of sp³-hybridized carbons (Fsp3) is 0.0800. The van der Waals surface area contributed by atoms with E-state index in [0.29, 0.717) is 16.9 Å². The van der Waals surface area contributed by atoms with Crippen LogP contribution in [0.3, 0.4) is 0 Å². The molecule has 4 rings (SSSR count). The van der Waals surface area contributed by atoms with Crippen LogP contribution in [-0.4, -0.2) is 22.4 Å². The average molecular weight is 505 g/mol. The Morgan fingerprint density at radius 2 is 1.58 bits per heavy atom. The molecule has 166 valence electrons. The number of hydrogen-bond acceptors (Lipinski definition) is 3. The van der Waals surface area contributed by atoms with Gasteiger partial charge in [-0.2, -0.15) is 0 Å². The highest BCUT2D eigenvalue weighted by molar-refractivity contribution is 9.10. The summed E-state index contributed by atoms with van der Waals surface area (Å²) >= 11 is 3.42. The lowest BCUT2D eigenvalue weighted by Crippen LogP contribution is -2.36. The van der Waals surface area contributed by atoms with Gasteiger partial charge in [0, 0.05) is 21.2 Å². The second kappa shape index (κ2) is 9.30. The number of para-hydroxylation sites is 1. The van der Waals surface area contributed by atoms with E-state index >= 15 is 0 Å². The zero-order chi connectivity index (χ0) is 23.5. The number of carbonyl (C=O) groups is 3. The van der Waals surface area contributed by atoms with E-state index in [9.17, 15) is 14.4 Å². The molecular weight excluding hydrogens is 484 g/mol. The van der Waals surface area contributed by atoms with E-state index in [1.165, 1.54) is 4.68 Å². The van der Waals surface area contributed by atoms with E-state index < -0.39 is 17.7 Å². The first-order chi connectivity index (χ1) is 15.8. The smallest absolute Gasteiger partial charge is 0.321 e. The Hall–Kier alpha value is -3.91. The predicted octanol–water partition coefficient (Wildman–Crippen LogP) is 4.98. The summed E-state index contributed by atoms with van der Waals surface area (Å²) in [4.78, 5) is 38.4. The number of benzene rings is 3. The summed E-state index contributed by atoms with van der Waals surface area (Å²) in [5.74, 6) is -2.16. The summed E-state index contributed by atoms with van der Waals surface area (Å²) in [5, 5.41) is 6.16. The Balaban J connectivity index is 1.63. The van der Waals surface area contributed by atoms with Crippen molar-refractivity contribution in [2.45, 2.75) is 13.8 Å². The van der Waals surface area contributed by atoms with Gasteiger partial charge in [0.05, 0.1) is 5.52 Å². The van der Waals surface area contributed by atoms with Crippen molar-refractivity contribution in [3.05, 3.63) is 94.1 Å². The average Bonchev–Trinajstić information content (AvgIpc) is 3.15. The Bertz CT molecular complexity index is 1380. The topological polar surface area (TPSA) is 92.2 Å². The van der Waals surface area contributed by atoms with Crippen molar-refractivity contribution >= 4 is 55.9 Å². The predicted molar refractivity (Wildman–Crippen MR) is 133 cm³/mol. The van der Waals surface area contributed by atoms with Crippen molar-refractivity contribution in [1.82, 2.24) is 4.68 Å². The molecule has 0 bridgehead atoms. The molecule has 0 aliphatic heterocycles. The first-order valence-electron chi connectivity index (χ1n) is 10.2. The van der Waals surface area contributed by atoms with Gasteiger partial charge in [0.1, 0.15) is 5.69 Å². The molecule has 33 heavy (non-hydrogen) atoms. The second-order valence-corrected chi connectivity index (χ2v) is 8.45. The molecule has 0 spiro atoms. The molecule has 0 unspecified atom stereocenters. The van der Waals surface area contributed by atoms with E-state index in [0.717, 1.165) is 21.0 Å². The summed E-state index contributed by atoms with van der Waals surface area (Å²) in [6, 6.07) is 21.5. The molecule has 3 N–H and O–H groups in total. The van der Waals surface area contributed by atoms with Crippen LogP contribution >= 0.6 is 15.9 Å². The third-order valence-electron chi connectivity index (χ3n) is 5.30. The molecule has 3 aromatic carbocycles. The zero-order valence-electron chi connectivity index (χ0n) is 18.0. The molecule has 7 nitrogen and oxygen atoms in total. The number of halogens is 1. The molecule has 1 aromatic heterocycles. The normalized spacial score (nSPS) is 10.6. The molecule has 8 heteroatoms.